The fourth-order valence-electron chi connectivity index (χ4n) is 0.833. The van der Waals surface area contributed by atoms with Crippen LogP contribution in [0, 0.1) is 10.1 Å². The Bertz CT molecular complexity index is 403. The summed E-state index contributed by atoms with van der Waals surface area (Å²) in [5, 5.41) is 10.3. The molecule has 0 aliphatic heterocycles. The molecule has 0 atom stereocenters. The van der Waals surface area contributed by atoms with Crippen LogP contribution in [0.25, 0.3) is 6.08 Å². The molecule has 0 aliphatic rings. The third-order valence-corrected chi connectivity index (χ3v) is 1.71. The van der Waals surface area contributed by atoms with Gasteiger partial charge >= 0.3 is 5.88 Å². The number of allylic oxidation sites excluding steroid dienone is 1. The average Bonchev–Trinajstić information content (AvgIpc) is 2.52. The Hall–Kier alpha value is -1.91. The van der Waals surface area contributed by atoms with Crippen LogP contribution in [0.4, 0.5) is 5.88 Å². The summed E-state index contributed by atoms with van der Waals surface area (Å²) in [5.74, 6) is -0.110. The highest BCUT2D eigenvalue weighted by atomic mass is 16.6. The molecule has 0 aromatic carbocycles. The normalized spacial score (nSPS) is 11.4. The minimum atomic E-state index is -0.625. The van der Waals surface area contributed by atoms with Crippen LogP contribution in [0.5, 0.6) is 0 Å². The first kappa shape index (κ1) is 10.2. The summed E-state index contributed by atoms with van der Waals surface area (Å²) in [6, 6.07) is 2.70. The molecule has 5 heteroatoms. The molecule has 1 rings (SSSR count). The topological polar surface area (TPSA) is 73.3 Å². The third kappa shape index (κ3) is 2.29. The molecule has 0 saturated heterocycles. The Morgan fingerprint density at radius 1 is 1.50 bits per heavy atom. The van der Waals surface area contributed by atoms with Gasteiger partial charge in [0.25, 0.3) is 0 Å². The van der Waals surface area contributed by atoms with Gasteiger partial charge in [-0.1, -0.05) is 0 Å². The minimum Gasteiger partial charge on any atom is -0.401 e. The van der Waals surface area contributed by atoms with Crippen molar-refractivity contribution in [3.63, 3.8) is 0 Å². The van der Waals surface area contributed by atoms with Crippen molar-refractivity contribution < 1.29 is 14.1 Å². The number of Topliss-reactive ketones (excluding diaryl/α,β-unsaturated/α-hetero) is 1. The number of furan rings is 1. The Labute approximate surface area is 80.2 Å². The Morgan fingerprint density at radius 2 is 2.14 bits per heavy atom. The van der Waals surface area contributed by atoms with Crippen LogP contribution < -0.4 is 0 Å². The second-order valence-corrected chi connectivity index (χ2v) is 2.82. The zero-order valence-corrected chi connectivity index (χ0v) is 7.81. The van der Waals surface area contributed by atoms with E-state index in [2.05, 4.69) is 0 Å². The summed E-state index contributed by atoms with van der Waals surface area (Å²) in [4.78, 5) is 20.5. The second-order valence-electron chi connectivity index (χ2n) is 2.82. The first-order chi connectivity index (χ1) is 6.50. The highest BCUT2D eigenvalue weighted by Gasteiger charge is 2.10. The molecule has 74 valence electrons. The molecule has 0 saturated carbocycles. The molecule has 0 amide bonds. The van der Waals surface area contributed by atoms with E-state index in [1.807, 2.05) is 0 Å². The highest BCUT2D eigenvalue weighted by molar-refractivity contribution is 5.96. The molecule has 0 radical (unpaired) electrons. The summed E-state index contributed by atoms with van der Waals surface area (Å²) in [6.45, 7) is 3.04. The highest BCUT2D eigenvalue weighted by Crippen LogP contribution is 2.17. The smallest absolute Gasteiger partial charge is 0.401 e. The van der Waals surface area contributed by atoms with E-state index in [0.29, 0.717) is 11.3 Å². The van der Waals surface area contributed by atoms with Crippen LogP contribution in [0.3, 0.4) is 0 Å². The van der Waals surface area contributed by atoms with Crippen molar-refractivity contribution in [1.29, 1.82) is 0 Å². The van der Waals surface area contributed by atoms with Crippen LogP contribution in [-0.4, -0.2) is 10.7 Å². The zero-order valence-electron chi connectivity index (χ0n) is 7.81. The lowest BCUT2D eigenvalue weighted by atomic mass is 10.2. The molecule has 1 aromatic heterocycles. The Balaban J connectivity index is 2.93. The fourth-order valence-corrected chi connectivity index (χ4v) is 0.833. The number of hydrogen-bond acceptors (Lipinski definition) is 4. The van der Waals surface area contributed by atoms with Crippen molar-refractivity contribution in [2.45, 2.75) is 13.8 Å². The van der Waals surface area contributed by atoms with E-state index in [9.17, 15) is 14.9 Å². The van der Waals surface area contributed by atoms with E-state index >= 15 is 0 Å². The van der Waals surface area contributed by atoms with E-state index in [-0.39, 0.29) is 11.7 Å². The first-order valence-corrected chi connectivity index (χ1v) is 3.94. The maximum absolute atomic E-state index is 10.8. The van der Waals surface area contributed by atoms with E-state index in [0.717, 1.165) is 0 Å². The van der Waals surface area contributed by atoms with Gasteiger partial charge in [0, 0.05) is 0 Å². The number of nitrogens with zero attached hydrogens (tertiary/aromatic N) is 1. The number of ketones is 1. The molecule has 0 bridgehead atoms. The molecule has 0 unspecified atom stereocenters. The summed E-state index contributed by atoms with van der Waals surface area (Å²) < 4.78 is 4.84. The largest absolute Gasteiger partial charge is 0.433 e. The lowest BCUT2D eigenvalue weighted by Gasteiger charge is -1.90. The molecule has 0 N–H and O–H groups in total. The van der Waals surface area contributed by atoms with Gasteiger partial charge < -0.3 is 4.42 Å². The Morgan fingerprint density at radius 3 is 2.57 bits per heavy atom. The average molecular weight is 195 g/mol. The van der Waals surface area contributed by atoms with E-state index in [1.165, 1.54) is 25.1 Å². The van der Waals surface area contributed by atoms with Crippen molar-refractivity contribution in [3.8, 4) is 0 Å². The quantitative estimate of drug-likeness (QED) is 0.421. The molecular weight excluding hydrogens is 186 g/mol. The van der Waals surface area contributed by atoms with Gasteiger partial charge in [-0.25, -0.2) is 0 Å². The summed E-state index contributed by atoms with van der Waals surface area (Å²) >= 11 is 0. The molecule has 0 aliphatic carbocycles. The molecule has 14 heavy (non-hydrogen) atoms. The number of hydrogen-bond donors (Lipinski definition) is 0. The van der Waals surface area contributed by atoms with Crippen LogP contribution in [-0.2, 0) is 4.79 Å². The van der Waals surface area contributed by atoms with Crippen molar-refractivity contribution in [2.24, 2.45) is 0 Å². The van der Waals surface area contributed by atoms with E-state index in [1.54, 1.807) is 6.92 Å². The molecule has 1 heterocycles. The van der Waals surface area contributed by atoms with Gasteiger partial charge in [-0.3, -0.25) is 14.9 Å². The maximum Gasteiger partial charge on any atom is 0.433 e. The molecule has 0 spiro atoms. The van der Waals surface area contributed by atoms with Crippen molar-refractivity contribution in [1.82, 2.24) is 0 Å². The van der Waals surface area contributed by atoms with E-state index in [4.69, 9.17) is 4.42 Å². The lowest BCUT2D eigenvalue weighted by molar-refractivity contribution is -0.402. The molecule has 0 fully saturated rings. The second kappa shape index (κ2) is 3.87. The zero-order chi connectivity index (χ0) is 10.7. The van der Waals surface area contributed by atoms with Crippen molar-refractivity contribution in [3.05, 3.63) is 33.6 Å². The van der Waals surface area contributed by atoms with Gasteiger partial charge in [-0.05, 0) is 31.6 Å². The summed E-state index contributed by atoms with van der Waals surface area (Å²) in [5.41, 5.74) is 0.495. The SMILES string of the molecule is CC(=O)C(C)=Cc1ccc([N+](=O)[O-])o1. The van der Waals surface area contributed by atoms with E-state index < -0.39 is 4.92 Å². The monoisotopic (exact) mass is 195 g/mol. The maximum atomic E-state index is 10.8. The predicted molar refractivity (Wildman–Crippen MR) is 49.7 cm³/mol. The van der Waals surface area contributed by atoms with Crippen LogP contribution >= 0.6 is 0 Å². The van der Waals surface area contributed by atoms with Gasteiger partial charge in [0.05, 0.1) is 6.07 Å². The van der Waals surface area contributed by atoms with Crippen LogP contribution in [0.2, 0.25) is 0 Å². The molecular formula is C9H9NO4. The van der Waals surface area contributed by atoms with Crippen molar-refractivity contribution >= 4 is 17.7 Å². The van der Waals surface area contributed by atoms with Crippen LogP contribution in [0.1, 0.15) is 19.6 Å². The summed E-state index contributed by atoms with van der Waals surface area (Å²) in [7, 11) is 0. The fraction of sp³-hybridized carbons (Fsp3) is 0.222. The van der Waals surface area contributed by atoms with Gasteiger partial charge in [-0.2, -0.15) is 0 Å². The van der Waals surface area contributed by atoms with Gasteiger partial charge in [0.2, 0.25) is 0 Å². The molecule has 1 aromatic rings. The number of rotatable bonds is 3. The standard InChI is InChI=1S/C9H9NO4/c1-6(7(2)11)5-8-3-4-9(14-8)10(12)13/h3-5H,1-2H3. The number of carbonyl (C=O) groups is 1. The third-order valence-electron chi connectivity index (χ3n) is 1.71. The van der Waals surface area contributed by atoms with Gasteiger partial charge in [0.1, 0.15) is 10.7 Å². The minimum absolute atomic E-state index is 0.0935. The summed E-state index contributed by atoms with van der Waals surface area (Å²) in [6.07, 6.45) is 1.47. The Kier molecular flexibility index (Phi) is 2.81. The van der Waals surface area contributed by atoms with Crippen molar-refractivity contribution in [2.75, 3.05) is 0 Å². The lowest BCUT2D eigenvalue weighted by Crippen LogP contribution is -1.89. The van der Waals surface area contributed by atoms with Crippen LogP contribution in [0.15, 0.2) is 22.1 Å². The van der Waals surface area contributed by atoms with Gasteiger partial charge in [0.15, 0.2) is 5.78 Å². The predicted octanol–water partition coefficient (Wildman–Crippen LogP) is 2.18. The van der Waals surface area contributed by atoms with Gasteiger partial charge in [-0.15, -0.1) is 0 Å². The molecule has 5 nitrogen and oxygen atoms in total. The number of nitro groups is 1. The first-order valence-electron chi connectivity index (χ1n) is 3.94. The number of carbonyl (C=O) groups excluding carboxylic acids is 1.